The highest BCUT2D eigenvalue weighted by Crippen LogP contribution is 2.48. The number of azo groups is 1. The molecule has 0 saturated carbocycles. The average molecular weight is 405 g/mol. The molecule has 12 heteroatoms. The summed E-state index contributed by atoms with van der Waals surface area (Å²) in [7, 11) is -5.07. The summed E-state index contributed by atoms with van der Waals surface area (Å²) in [6.45, 7) is 0. The molecule has 0 unspecified atom stereocenters. The van der Waals surface area contributed by atoms with Crippen LogP contribution in [-0.4, -0.2) is 33.2 Å². The van der Waals surface area contributed by atoms with Gasteiger partial charge in [0.05, 0.1) is 4.92 Å². The van der Waals surface area contributed by atoms with Crippen LogP contribution in [0.15, 0.2) is 57.6 Å². The van der Waals surface area contributed by atoms with E-state index in [1.807, 2.05) is 0 Å². The number of fused-ring (bicyclic) bond motifs is 1. The summed E-state index contributed by atoms with van der Waals surface area (Å²) in [6, 6.07) is 9.90. The van der Waals surface area contributed by atoms with Gasteiger partial charge in [-0.1, -0.05) is 30.3 Å². The molecule has 3 aromatic carbocycles. The molecule has 4 N–H and O–H groups in total. The Morgan fingerprint density at radius 1 is 0.929 bits per heavy atom. The first-order valence-electron chi connectivity index (χ1n) is 7.44. The standard InChI is InChI=1S/C16H11N3O8S/c20-11-6-5-8-3-1-2-4-9(8)13(11)17-18-14-15(21)10(19(23)24)7-12(16(14)22)28(25,26)27/h1-7,20-22H,(H,25,26,27). The van der Waals surface area contributed by atoms with E-state index < -0.39 is 42.8 Å². The fourth-order valence-corrected chi connectivity index (χ4v) is 3.09. The van der Waals surface area contributed by atoms with Gasteiger partial charge < -0.3 is 15.3 Å². The topological polar surface area (TPSA) is 183 Å². The average Bonchev–Trinajstić information content (AvgIpc) is 2.61. The van der Waals surface area contributed by atoms with Crippen LogP contribution in [0.2, 0.25) is 0 Å². The van der Waals surface area contributed by atoms with Crippen LogP contribution in [-0.2, 0) is 10.1 Å². The summed E-state index contributed by atoms with van der Waals surface area (Å²) in [5, 5.41) is 49.4. The van der Waals surface area contributed by atoms with E-state index in [0.717, 1.165) is 0 Å². The van der Waals surface area contributed by atoms with Crippen molar-refractivity contribution in [2.24, 2.45) is 10.2 Å². The second-order valence-corrected chi connectivity index (χ2v) is 6.92. The first kappa shape index (κ1) is 19.0. The van der Waals surface area contributed by atoms with Crippen molar-refractivity contribution in [1.29, 1.82) is 0 Å². The lowest BCUT2D eigenvalue weighted by atomic mass is 10.1. The molecule has 3 rings (SSSR count). The number of nitro benzene ring substituents is 1. The minimum atomic E-state index is -5.07. The Morgan fingerprint density at radius 2 is 1.57 bits per heavy atom. The predicted octanol–water partition coefficient (Wildman–Crippen LogP) is 3.53. The van der Waals surface area contributed by atoms with Crippen molar-refractivity contribution in [2.75, 3.05) is 0 Å². The summed E-state index contributed by atoms with van der Waals surface area (Å²) < 4.78 is 31.9. The van der Waals surface area contributed by atoms with Crippen LogP contribution in [0.25, 0.3) is 10.8 Å². The number of aromatic hydroxyl groups is 3. The van der Waals surface area contributed by atoms with E-state index in [9.17, 15) is 33.9 Å². The van der Waals surface area contributed by atoms with Gasteiger partial charge in [0.1, 0.15) is 16.3 Å². The van der Waals surface area contributed by atoms with Crippen LogP contribution in [0.5, 0.6) is 17.2 Å². The third-order valence-corrected chi connectivity index (χ3v) is 4.66. The molecule has 0 spiro atoms. The van der Waals surface area contributed by atoms with Gasteiger partial charge in [0, 0.05) is 11.5 Å². The molecule has 11 nitrogen and oxygen atoms in total. The van der Waals surface area contributed by atoms with Gasteiger partial charge in [0.2, 0.25) is 5.75 Å². The Kier molecular flexibility index (Phi) is 4.58. The summed E-state index contributed by atoms with van der Waals surface area (Å²) in [6.07, 6.45) is 0. The molecule has 3 aromatic rings. The number of hydrogen-bond donors (Lipinski definition) is 4. The van der Waals surface area contributed by atoms with E-state index >= 15 is 0 Å². The second kappa shape index (κ2) is 6.75. The SMILES string of the molecule is O=[N+]([O-])c1cc(S(=O)(=O)O)c(O)c(N=Nc2c(O)ccc3ccccc23)c1O. The molecule has 0 aliphatic carbocycles. The van der Waals surface area contributed by atoms with Gasteiger partial charge in [0.25, 0.3) is 10.1 Å². The van der Waals surface area contributed by atoms with Crippen LogP contribution in [0.4, 0.5) is 17.1 Å². The van der Waals surface area contributed by atoms with Crippen molar-refractivity contribution >= 4 is 38.0 Å². The largest absolute Gasteiger partial charge is 0.506 e. The molecule has 144 valence electrons. The van der Waals surface area contributed by atoms with Crippen LogP contribution in [0.3, 0.4) is 0 Å². The molecular formula is C16H11N3O8S. The molecule has 0 bridgehead atoms. The fourth-order valence-electron chi connectivity index (χ4n) is 2.49. The molecule has 0 aromatic heterocycles. The summed E-state index contributed by atoms with van der Waals surface area (Å²) in [4.78, 5) is 8.69. The number of benzene rings is 3. The Balaban J connectivity index is 2.27. The van der Waals surface area contributed by atoms with Crippen LogP contribution >= 0.6 is 0 Å². The number of hydrogen-bond acceptors (Lipinski definition) is 9. The molecular weight excluding hydrogens is 394 g/mol. The molecule has 0 atom stereocenters. The van der Waals surface area contributed by atoms with Gasteiger partial charge in [0.15, 0.2) is 11.4 Å². The molecule has 0 fully saturated rings. The summed E-state index contributed by atoms with van der Waals surface area (Å²) in [5.74, 6) is -2.73. The quantitative estimate of drug-likeness (QED) is 0.220. The Bertz CT molecular complexity index is 1250. The molecule has 0 heterocycles. The van der Waals surface area contributed by atoms with E-state index in [1.54, 1.807) is 30.3 Å². The first-order valence-corrected chi connectivity index (χ1v) is 8.88. The highest BCUT2D eigenvalue weighted by Gasteiger charge is 2.30. The Labute approximate surface area is 156 Å². The zero-order valence-electron chi connectivity index (χ0n) is 13.7. The van der Waals surface area contributed by atoms with Crippen molar-refractivity contribution in [1.82, 2.24) is 0 Å². The number of phenolic OH excluding ortho intramolecular Hbond substituents is 3. The minimum Gasteiger partial charge on any atom is -0.506 e. The van der Waals surface area contributed by atoms with Crippen LogP contribution < -0.4 is 0 Å². The molecule has 0 radical (unpaired) electrons. The van der Waals surface area contributed by atoms with E-state index in [2.05, 4.69) is 10.2 Å². The Morgan fingerprint density at radius 3 is 2.21 bits per heavy atom. The van der Waals surface area contributed by atoms with Crippen molar-refractivity contribution in [3.8, 4) is 17.2 Å². The van der Waals surface area contributed by atoms with E-state index in [-0.39, 0.29) is 17.5 Å². The molecule has 28 heavy (non-hydrogen) atoms. The highest BCUT2D eigenvalue weighted by atomic mass is 32.2. The van der Waals surface area contributed by atoms with Gasteiger partial charge in [-0.25, -0.2) is 0 Å². The lowest BCUT2D eigenvalue weighted by Crippen LogP contribution is -2.00. The first-order chi connectivity index (χ1) is 13.1. The van der Waals surface area contributed by atoms with E-state index in [1.165, 1.54) is 6.07 Å². The zero-order valence-corrected chi connectivity index (χ0v) is 14.5. The van der Waals surface area contributed by atoms with Gasteiger partial charge in [-0.3, -0.25) is 14.7 Å². The van der Waals surface area contributed by atoms with Crippen molar-refractivity contribution < 1.29 is 33.2 Å². The van der Waals surface area contributed by atoms with Crippen molar-refractivity contribution in [3.63, 3.8) is 0 Å². The maximum Gasteiger partial charge on any atom is 0.314 e. The lowest BCUT2D eigenvalue weighted by molar-refractivity contribution is -0.386. The fraction of sp³-hybridized carbons (Fsp3) is 0. The normalized spacial score (nSPS) is 11.9. The molecule has 0 aliphatic rings. The summed E-state index contributed by atoms with van der Waals surface area (Å²) >= 11 is 0. The number of nitrogens with zero attached hydrogens (tertiary/aromatic N) is 3. The molecule has 0 aliphatic heterocycles. The highest BCUT2D eigenvalue weighted by molar-refractivity contribution is 7.86. The van der Waals surface area contributed by atoms with Gasteiger partial charge in [-0.2, -0.15) is 8.42 Å². The molecule has 0 saturated heterocycles. The van der Waals surface area contributed by atoms with Crippen LogP contribution in [0.1, 0.15) is 0 Å². The second-order valence-electron chi connectivity index (χ2n) is 5.53. The van der Waals surface area contributed by atoms with Crippen molar-refractivity contribution in [2.45, 2.75) is 4.90 Å². The molecule has 0 amide bonds. The monoisotopic (exact) mass is 405 g/mol. The van der Waals surface area contributed by atoms with Crippen LogP contribution in [0, 0.1) is 10.1 Å². The third kappa shape index (κ3) is 3.28. The smallest absolute Gasteiger partial charge is 0.314 e. The van der Waals surface area contributed by atoms with Gasteiger partial charge >= 0.3 is 5.69 Å². The maximum absolute atomic E-state index is 11.4. The number of rotatable bonds is 4. The van der Waals surface area contributed by atoms with E-state index in [4.69, 9.17) is 4.55 Å². The zero-order chi connectivity index (χ0) is 20.6. The Hall–Kier alpha value is -3.77. The number of nitro groups is 1. The number of phenols is 3. The van der Waals surface area contributed by atoms with Gasteiger partial charge in [-0.05, 0) is 11.5 Å². The maximum atomic E-state index is 11.4. The lowest BCUT2D eigenvalue weighted by Gasteiger charge is -2.07. The summed E-state index contributed by atoms with van der Waals surface area (Å²) in [5.41, 5.74) is -2.17. The van der Waals surface area contributed by atoms with E-state index in [0.29, 0.717) is 10.8 Å². The predicted molar refractivity (Wildman–Crippen MR) is 96.0 cm³/mol. The minimum absolute atomic E-state index is 0.0863. The third-order valence-electron chi connectivity index (χ3n) is 3.80. The van der Waals surface area contributed by atoms with Crippen molar-refractivity contribution in [3.05, 3.63) is 52.6 Å². The van der Waals surface area contributed by atoms with Gasteiger partial charge in [-0.15, -0.1) is 10.2 Å².